The maximum Gasteiger partial charge on any atom is 0.338 e. The van der Waals surface area contributed by atoms with E-state index in [2.05, 4.69) is 0 Å². The van der Waals surface area contributed by atoms with E-state index in [4.69, 9.17) is 4.74 Å². The minimum atomic E-state index is -0.364. The van der Waals surface area contributed by atoms with Gasteiger partial charge in [0.25, 0.3) is 0 Å². The number of ether oxygens (including phenoxy) is 1. The number of rotatable bonds is 4. The van der Waals surface area contributed by atoms with Gasteiger partial charge in [-0.05, 0) is 29.9 Å². The van der Waals surface area contributed by atoms with Crippen LogP contribution in [0.4, 0.5) is 4.39 Å². The van der Waals surface area contributed by atoms with Crippen LogP contribution in [0.5, 0.6) is 0 Å². The van der Waals surface area contributed by atoms with Crippen molar-refractivity contribution in [1.82, 2.24) is 0 Å². The van der Waals surface area contributed by atoms with Crippen LogP contribution in [0.15, 0.2) is 36.4 Å². The van der Waals surface area contributed by atoms with E-state index in [0.29, 0.717) is 22.9 Å². The number of carbonyl (C=O) groups is 1. The van der Waals surface area contributed by atoms with Crippen LogP contribution in [0.2, 0.25) is 0 Å². The van der Waals surface area contributed by atoms with E-state index in [0.717, 1.165) is 12.3 Å². The molecule has 0 unspecified atom stereocenters. The molecular weight excluding hydrogens is 243 g/mol. The Balaban J connectivity index is 1.82. The van der Waals surface area contributed by atoms with Crippen LogP contribution in [0, 0.1) is 11.7 Å². The fourth-order valence-corrected chi connectivity index (χ4v) is 2.24. The summed E-state index contributed by atoms with van der Waals surface area (Å²) in [6.45, 7) is 0.454. The van der Waals surface area contributed by atoms with Gasteiger partial charge in [-0.2, -0.15) is 0 Å². The van der Waals surface area contributed by atoms with Gasteiger partial charge in [-0.3, -0.25) is 0 Å². The predicted molar refractivity (Wildman–Crippen MR) is 71.5 cm³/mol. The number of halogens is 1. The Morgan fingerprint density at radius 2 is 1.89 bits per heavy atom. The molecule has 0 radical (unpaired) electrons. The standard InChI is InChI=1S/C16H15FO2/c17-15-8-7-14(12-3-1-2-4-13(12)15)16(18)19-10-9-11-5-6-11/h1-4,7-8,11H,5-6,9-10H2. The molecule has 1 aliphatic carbocycles. The molecule has 0 saturated heterocycles. The maximum absolute atomic E-state index is 13.6. The molecule has 0 N–H and O–H groups in total. The highest BCUT2D eigenvalue weighted by Gasteiger charge is 2.21. The molecule has 2 aromatic rings. The average molecular weight is 258 g/mol. The molecule has 3 rings (SSSR count). The number of carbonyl (C=O) groups excluding carboxylic acids is 1. The monoisotopic (exact) mass is 258 g/mol. The summed E-state index contributed by atoms with van der Waals surface area (Å²) in [5.74, 6) is 0.0553. The first-order chi connectivity index (χ1) is 9.25. The highest BCUT2D eigenvalue weighted by atomic mass is 19.1. The lowest BCUT2D eigenvalue weighted by atomic mass is 10.0. The van der Waals surface area contributed by atoms with Gasteiger partial charge in [0.2, 0.25) is 0 Å². The third kappa shape index (κ3) is 2.60. The fourth-order valence-electron chi connectivity index (χ4n) is 2.24. The van der Waals surface area contributed by atoms with Crippen LogP contribution in [-0.2, 0) is 4.74 Å². The van der Waals surface area contributed by atoms with Gasteiger partial charge >= 0.3 is 5.97 Å². The molecule has 0 amide bonds. The van der Waals surface area contributed by atoms with E-state index in [9.17, 15) is 9.18 Å². The van der Waals surface area contributed by atoms with Crippen molar-refractivity contribution in [3.05, 3.63) is 47.8 Å². The van der Waals surface area contributed by atoms with Gasteiger partial charge in [0.1, 0.15) is 5.82 Å². The second kappa shape index (κ2) is 5.00. The molecule has 0 spiro atoms. The zero-order valence-electron chi connectivity index (χ0n) is 10.6. The normalized spacial score (nSPS) is 14.6. The van der Waals surface area contributed by atoms with E-state index < -0.39 is 0 Å². The summed E-state index contributed by atoms with van der Waals surface area (Å²) in [4.78, 5) is 12.0. The van der Waals surface area contributed by atoms with E-state index in [-0.39, 0.29) is 11.8 Å². The molecule has 0 aromatic heterocycles. The van der Waals surface area contributed by atoms with E-state index in [1.807, 2.05) is 0 Å². The quantitative estimate of drug-likeness (QED) is 0.776. The first-order valence-electron chi connectivity index (χ1n) is 6.60. The smallest absolute Gasteiger partial charge is 0.338 e. The van der Waals surface area contributed by atoms with Crippen molar-refractivity contribution >= 4 is 16.7 Å². The van der Waals surface area contributed by atoms with Gasteiger partial charge in [0, 0.05) is 5.39 Å². The van der Waals surface area contributed by atoms with Crippen LogP contribution in [-0.4, -0.2) is 12.6 Å². The van der Waals surface area contributed by atoms with Gasteiger partial charge in [-0.1, -0.05) is 37.1 Å². The molecule has 0 atom stereocenters. The summed E-state index contributed by atoms with van der Waals surface area (Å²) >= 11 is 0. The van der Waals surface area contributed by atoms with Gasteiger partial charge in [0.15, 0.2) is 0 Å². The van der Waals surface area contributed by atoms with Crippen molar-refractivity contribution < 1.29 is 13.9 Å². The minimum Gasteiger partial charge on any atom is -0.462 e. The van der Waals surface area contributed by atoms with Gasteiger partial charge in [0.05, 0.1) is 12.2 Å². The van der Waals surface area contributed by atoms with Crippen molar-refractivity contribution in [2.24, 2.45) is 5.92 Å². The Kier molecular flexibility index (Phi) is 3.20. The average Bonchev–Trinajstić information content (AvgIpc) is 3.23. The van der Waals surface area contributed by atoms with Crippen molar-refractivity contribution in [1.29, 1.82) is 0 Å². The molecule has 0 aliphatic heterocycles. The Hall–Kier alpha value is -1.90. The third-order valence-electron chi connectivity index (χ3n) is 3.55. The minimum absolute atomic E-state index is 0.315. The van der Waals surface area contributed by atoms with Crippen molar-refractivity contribution in [3.8, 4) is 0 Å². The second-order valence-electron chi connectivity index (χ2n) is 5.01. The Labute approximate surface area is 111 Å². The summed E-state index contributed by atoms with van der Waals surface area (Å²) in [5, 5.41) is 1.07. The second-order valence-corrected chi connectivity index (χ2v) is 5.01. The molecule has 19 heavy (non-hydrogen) atoms. The lowest BCUT2D eigenvalue weighted by Gasteiger charge is -2.08. The maximum atomic E-state index is 13.6. The first kappa shape index (κ1) is 12.2. The van der Waals surface area contributed by atoms with Crippen LogP contribution < -0.4 is 0 Å². The van der Waals surface area contributed by atoms with Gasteiger partial charge < -0.3 is 4.74 Å². The summed E-state index contributed by atoms with van der Waals surface area (Å²) in [6.07, 6.45) is 3.43. The van der Waals surface area contributed by atoms with Crippen LogP contribution >= 0.6 is 0 Å². The predicted octanol–water partition coefficient (Wildman–Crippen LogP) is 3.94. The SMILES string of the molecule is O=C(OCCC1CC1)c1ccc(F)c2ccccc12. The molecule has 3 heteroatoms. The number of fused-ring (bicyclic) bond motifs is 1. The zero-order valence-corrected chi connectivity index (χ0v) is 10.6. The number of benzene rings is 2. The topological polar surface area (TPSA) is 26.3 Å². The number of hydrogen-bond donors (Lipinski definition) is 0. The van der Waals surface area contributed by atoms with Crippen LogP contribution in [0.25, 0.3) is 10.8 Å². The van der Waals surface area contributed by atoms with Crippen molar-refractivity contribution in [3.63, 3.8) is 0 Å². The molecule has 1 aliphatic rings. The number of esters is 1. The molecule has 1 fully saturated rings. The van der Waals surface area contributed by atoms with E-state index in [1.165, 1.54) is 25.0 Å². The molecule has 0 bridgehead atoms. The summed E-state index contributed by atoms with van der Waals surface area (Å²) in [5.41, 5.74) is 0.438. The van der Waals surface area contributed by atoms with E-state index >= 15 is 0 Å². The van der Waals surface area contributed by atoms with Crippen molar-refractivity contribution in [2.45, 2.75) is 19.3 Å². The summed E-state index contributed by atoms with van der Waals surface area (Å²) < 4.78 is 18.9. The number of hydrogen-bond acceptors (Lipinski definition) is 2. The highest BCUT2D eigenvalue weighted by Crippen LogP contribution is 2.32. The summed E-state index contributed by atoms with van der Waals surface area (Å²) in [7, 11) is 0. The molecular formula is C16H15FO2. The molecule has 1 saturated carbocycles. The summed E-state index contributed by atoms with van der Waals surface area (Å²) in [6, 6.07) is 9.79. The molecule has 2 nitrogen and oxygen atoms in total. The Morgan fingerprint density at radius 3 is 2.63 bits per heavy atom. The third-order valence-corrected chi connectivity index (χ3v) is 3.55. The Bertz CT molecular complexity index is 617. The fraction of sp³-hybridized carbons (Fsp3) is 0.312. The largest absolute Gasteiger partial charge is 0.462 e. The zero-order chi connectivity index (χ0) is 13.2. The van der Waals surface area contributed by atoms with Crippen LogP contribution in [0.3, 0.4) is 0 Å². The van der Waals surface area contributed by atoms with Crippen LogP contribution in [0.1, 0.15) is 29.6 Å². The lowest BCUT2D eigenvalue weighted by Crippen LogP contribution is -2.07. The highest BCUT2D eigenvalue weighted by molar-refractivity contribution is 6.04. The van der Waals surface area contributed by atoms with Crippen molar-refractivity contribution in [2.75, 3.05) is 6.61 Å². The molecule has 0 heterocycles. The molecule has 2 aromatic carbocycles. The Morgan fingerprint density at radius 1 is 1.16 bits per heavy atom. The van der Waals surface area contributed by atoms with Gasteiger partial charge in [-0.25, -0.2) is 9.18 Å². The first-order valence-corrected chi connectivity index (χ1v) is 6.60. The molecule has 98 valence electrons. The van der Waals surface area contributed by atoms with E-state index in [1.54, 1.807) is 24.3 Å². The van der Waals surface area contributed by atoms with Gasteiger partial charge in [-0.15, -0.1) is 0 Å². The lowest BCUT2D eigenvalue weighted by molar-refractivity contribution is 0.0497.